The van der Waals surface area contributed by atoms with Crippen LogP contribution in [0.15, 0.2) is 24.3 Å². The van der Waals surface area contributed by atoms with Gasteiger partial charge in [0.25, 0.3) is 0 Å². The number of unbranched alkanes of at least 4 members (excludes halogenated alkanes) is 2. The van der Waals surface area contributed by atoms with Gasteiger partial charge in [-0.2, -0.15) is 5.26 Å². The number of benzene rings is 1. The molecule has 0 unspecified atom stereocenters. The van der Waals surface area contributed by atoms with Gasteiger partial charge in [-0.1, -0.05) is 31.4 Å². The molecule has 1 nitrogen and oxygen atoms in total. The van der Waals surface area contributed by atoms with Crippen LogP contribution in [0.25, 0.3) is 0 Å². The first-order valence-electron chi connectivity index (χ1n) is 7.89. The smallest absolute Gasteiger partial charge is 0.0991 e. The lowest BCUT2D eigenvalue weighted by Gasteiger charge is -2.28. The SMILES string of the molecule is N#Cc1ccc(C2CCC(CCCCCF)CC2)cc1. The van der Waals surface area contributed by atoms with Gasteiger partial charge in [-0.3, -0.25) is 4.39 Å². The van der Waals surface area contributed by atoms with Gasteiger partial charge in [-0.25, -0.2) is 0 Å². The number of hydrogen-bond acceptors (Lipinski definition) is 1. The summed E-state index contributed by atoms with van der Waals surface area (Å²) >= 11 is 0. The van der Waals surface area contributed by atoms with Gasteiger partial charge in [0.05, 0.1) is 18.3 Å². The van der Waals surface area contributed by atoms with Gasteiger partial charge in [-0.05, 0) is 61.6 Å². The van der Waals surface area contributed by atoms with Crippen molar-refractivity contribution in [2.24, 2.45) is 5.92 Å². The molecule has 0 heterocycles. The van der Waals surface area contributed by atoms with Crippen molar-refractivity contribution in [1.82, 2.24) is 0 Å². The van der Waals surface area contributed by atoms with E-state index in [1.165, 1.54) is 44.1 Å². The predicted molar refractivity (Wildman–Crippen MR) is 80.3 cm³/mol. The average molecular weight is 273 g/mol. The molecule has 1 saturated carbocycles. The third kappa shape index (κ3) is 4.34. The van der Waals surface area contributed by atoms with Crippen LogP contribution >= 0.6 is 0 Å². The van der Waals surface area contributed by atoms with Crippen molar-refractivity contribution >= 4 is 0 Å². The quantitative estimate of drug-likeness (QED) is 0.640. The van der Waals surface area contributed by atoms with E-state index in [4.69, 9.17) is 5.26 Å². The number of halogens is 1. The maximum Gasteiger partial charge on any atom is 0.0991 e. The Morgan fingerprint density at radius 3 is 2.30 bits per heavy atom. The summed E-state index contributed by atoms with van der Waals surface area (Å²) in [5.74, 6) is 1.52. The van der Waals surface area contributed by atoms with Crippen molar-refractivity contribution in [2.75, 3.05) is 6.67 Å². The third-order valence-corrected chi connectivity index (χ3v) is 4.60. The lowest BCUT2D eigenvalue weighted by Crippen LogP contribution is -2.13. The molecule has 2 rings (SSSR count). The monoisotopic (exact) mass is 273 g/mol. The standard InChI is InChI=1S/C18H24FN/c19-13-3-1-2-4-15-5-9-17(10-6-15)18-11-7-16(14-20)8-12-18/h7-8,11-12,15,17H,1-6,9-10,13H2. The van der Waals surface area contributed by atoms with Crippen LogP contribution in [0.4, 0.5) is 4.39 Å². The molecule has 0 aliphatic heterocycles. The molecule has 0 bridgehead atoms. The fourth-order valence-corrected chi connectivity index (χ4v) is 3.32. The van der Waals surface area contributed by atoms with Crippen LogP contribution in [0, 0.1) is 17.2 Å². The van der Waals surface area contributed by atoms with Crippen LogP contribution in [-0.2, 0) is 0 Å². The molecule has 0 saturated heterocycles. The first-order valence-corrected chi connectivity index (χ1v) is 7.89. The molecule has 0 N–H and O–H groups in total. The van der Waals surface area contributed by atoms with Crippen molar-refractivity contribution in [3.63, 3.8) is 0 Å². The largest absolute Gasteiger partial charge is 0.251 e. The summed E-state index contributed by atoms with van der Waals surface area (Å²) in [6.07, 6.45) is 9.39. The molecule has 0 radical (unpaired) electrons. The van der Waals surface area contributed by atoms with Crippen molar-refractivity contribution in [3.05, 3.63) is 35.4 Å². The molecule has 1 aliphatic carbocycles. The molecule has 1 aromatic rings. The van der Waals surface area contributed by atoms with E-state index in [9.17, 15) is 4.39 Å². The summed E-state index contributed by atoms with van der Waals surface area (Å²) in [6, 6.07) is 10.3. The Morgan fingerprint density at radius 1 is 1.00 bits per heavy atom. The van der Waals surface area contributed by atoms with Crippen LogP contribution in [0.3, 0.4) is 0 Å². The van der Waals surface area contributed by atoms with Crippen molar-refractivity contribution in [3.8, 4) is 6.07 Å². The van der Waals surface area contributed by atoms with E-state index in [1.54, 1.807) is 0 Å². The second kappa shape index (κ2) is 8.04. The Hall–Kier alpha value is -1.36. The molecule has 2 heteroatoms. The minimum absolute atomic E-state index is 0.161. The fourth-order valence-electron chi connectivity index (χ4n) is 3.32. The second-order valence-corrected chi connectivity index (χ2v) is 5.99. The van der Waals surface area contributed by atoms with E-state index in [-0.39, 0.29) is 6.67 Å². The summed E-state index contributed by atoms with van der Waals surface area (Å²) in [4.78, 5) is 0. The van der Waals surface area contributed by atoms with Crippen molar-refractivity contribution < 1.29 is 4.39 Å². The number of alkyl halides is 1. The summed E-state index contributed by atoms with van der Waals surface area (Å²) in [6.45, 7) is -0.161. The molecule has 0 spiro atoms. The Bertz CT molecular complexity index is 424. The maximum atomic E-state index is 12.0. The number of nitrogens with zero attached hydrogens (tertiary/aromatic N) is 1. The lowest BCUT2D eigenvalue weighted by atomic mass is 9.77. The van der Waals surface area contributed by atoms with Gasteiger partial charge in [-0.15, -0.1) is 0 Å². The van der Waals surface area contributed by atoms with Crippen LogP contribution in [0.5, 0.6) is 0 Å². The van der Waals surface area contributed by atoms with Gasteiger partial charge >= 0.3 is 0 Å². The minimum Gasteiger partial charge on any atom is -0.251 e. The van der Waals surface area contributed by atoms with E-state index in [2.05, 4.69) is 18.2 Å². The summed E-state index contributed by atoms with van der Waals surface area (Å²) in [5.41, 5.74) is 2.13. The number of hydrogen-bond donors (Lipinski definition) is 0. The zero-order valence-electron chi connectivity index (χ0n) is 12.2. The summed E-state index contributed by atoms with van der Waals surface area (Å²) in [5, 5.41) is 8.82. The molecule has 1 aliphatic rings. The Balaban J connectivity index is 1.74. The molecule has 20 heavy (non-hydrogen) atoms. The molecule has 1 fully saturated rings. The van der Waals surface area contributed by atoms with Gasteiger partial charge in [0.1, 0.15) is 0 Å². The molecular formula is C18H24FN. The van der Waals surface area contributed by atoms with Crippen LogP contribution in [-0.4, -0.2) is 6.67 Å². The zero-order chi connectivity index (χ0) is 14.2. The first-order chi connectivity index (χ1) is 9.83. The van der Waals surface area contributed by atoms with E-state index in [0.29, 0.717) is 5.92 Å². The highest BCUT2D eigenvalue weighted by molar-refractivity contribution is 5.33. The molecule has 0 aromatic heterocycles. The maximum absolute atomic E-state index is 12.0. The Labute approximate surface area is 121 Å². The van der Waals surface area contributed by atoms with E-state index >= 15 is 0 Å². The molecule has 1 aromatic carbocycles. The lowest BCUT2D eigenvalue weighted by molar-refractivity contribution is 0.300. The Morgan fingerprint density at radius 2 is 1.70 bits per heavy atom. The molecule has 0 atom stereocenters. The normalized spacial score (nSPS) is 22.4. The average Bonchev–Trinajstić information content (AvgIpc) is 2.52. The minimum atomic E-state index is -0.161. The highest BCUT2D eigenvalue weighted by Crippen LogP contribution is 2.37. The summed E-state index contributed by atoms with van der Waals surface area (Å²) < 4.78 is 12.0. The van der Waals surface area contributed by atoms with Crippen LogP contribution in [0.2, 0.25) is 0 Å². The van der Waals surface area contributed by atoms with Gasteiger partial charge < -0.3 is 0 Å². The first kappa shape index (κ1) is 15.0. The second-order valence-electron chi connectivity index (χ2n) is 5.99. The van der Waals surface area contributed by atoms with Gasteiger partial charge in [0.2, 0.25) is 0 Å². The van der Waals surface area contributed by atoms with Crippen LogP contribution < -0.4 is 0 Å². The fraction of sp³-hybridized carbons (Fsp3) is 0.611. The Kier molecular flexibility index (Phi) is 6.05. The van der Waals surface area contributed by atoms with Crippen molar-refractivity contribution in [1.29, 1.82) is 5.26 Å². The van der Waals surface area contributed by atoms with Crippen molar-refractivity contribution in [2.45, 2.75) is 57.3 Å². The highest BCUT2D eigenvalue weighted by atomic mass is 19.1. The summed E-state index contributed by atoms with van der Waals surface area (Å²) in [7, 11) is 0. The number of nitriles is 1. The van der Waals surface area contributed by atoms with Crippen LogP contribution in [0.1, 0.15) is 68.4 Å². The van der Waals surface area contributed by atoms with Gasteiger partial charge in [0.15, 0.2) is 0 Å². The zero-order valence-corrected chi connectivity index (χ0v) is 12.2. The third-order valence-electron chi connectivity index (χ3n) is 4.60. The molecule has 108 valence electrons. The highest BCUT2D eigenvalue weighted by Gasteiger charge is 2.21. The molecular weight excluding hydrogens is 249 g/mol. The number of rotatable bonds is 6. The van der Waals surface area contributed by atoms with E-state index < -0.39 is 0 Å². The van der Waals surface area contributed by atoms with E-state index in [1.807, 2.05) is 12.1 Å². The molecule has 0 amide bonds. The van der Waals surface area contributed by atoms with E-state index in [0.717, 1.165) is 24.3 Å². The predicted octanol–water partition coefficient (Wildman–Crippen LogP) is 5.36. The van der Waals surface area contributed by atoms with Gasteiger partial charge in [0, 0.05) is 0 Å². The topological polar surface area (TPSA) is 23.8 Å².